The fourth-order valence-corrected chi connectivity index (χ4v) is 4.29. The third-order valence-corrected chi connectivity index (χ3v) is 6.42. The molecule has 1 saturated heterocycles. The minimum atomic E-state index is -3.70. The molecule has 9 heteroatoms. The first-order valence-electron chi connectivity index (χ1n) is 9.94. The molecule has 2 heterocycles. The lowest BCUT2D eigenvalue weighted by Crippen LogP contribution is -2.40. The quantitative estimate of drug-likeness (QED) is 0.553. The Morgan fingerprint density at radius 1 is 1.13 bits per heavy atom. The van der Waals surface area contributed by atoms with Crippen LogP contribution in [-0.4, -0.2) is 42.3 Å². The van der Waals surface area contributed by atoms with E-state index in [1.807, 2.05) is 24.3 Å². The van der Waals surface area contributed by atoms with Gasteiger partial charge in [-0.05, 0) is 55.8 Å². The summed E-state index contributed by atoms with van der Waals surface area (Å²) >= 11 is 0. The standard InChI is InChI=1S/C21H25N5O3S/c22-30(28,29)17-7-5-15(6-8-17)13-23-21(27)16-9-11-26(12-10-16)14-20-24-18-3-1-2-4-19(18)25-20/h1-8,16H,9-14H2,(H,23,27)(H,24,25)(H2,22,28,29). The molecule has 0 unspecified atom stereocenters. The van der Waals surface area contributed by atoms with E-state index >= 15 is 0 Å². The molecular formula is C21H25N5O3S. The predicted octanol–water partition coefficient (Wildman–Crippen LogP) is 1.74. The van der Waals surface area contributed by atoms with Crippen molar-refractivity contribution in [3.63, 3.8) is 0 Å². The Morgan fingerprint density at radius 3 is 2.50 bits per heavy atom. The van der Waals surface area contributed by atoms with Crippen molar-refractivity contribution in [2.24, 2.45) is 11.1 Å². The van der Waals surface area contributed by atoms with Gasteiger partial charge in [0.05, 0.1) is 22.5 Å². The number of rotatable bonds is 6. The summed E-state index contributed by atoms with van der Waals surface area (Å²) in [7, 11) is -3.70. The summed E-state index contributed by atoms with van der Waals surface area (Å²) in [5, 5.41) is 8.05. The number of H-pyrrole nitrogens is 1. The maximum absolute atomic E-state index is 12.5. The SMILES string of the molecule is NS(=O)(=O)c1ccc(CNC(=O)C2CCN(Cc3nc4ccccc4[nH]3)CC2)cc1. The van der Waals surface area contributed by atoms with Crippen LogP contribution in [0.15, 0.2) is 53.4 Å². The number of benzene rings is 2. The molecule has 158 valence electrons. The summed E-state index contributed by atoms with van der Waals surface area (Å²) < 4.78 is 22.6. The molecular weight excluding hydrogens is 402 g/mol. The van der Waals surface area contributed by atoms with Gasteiger partial charge in [0.15, 0.2) is 0 Å². The van der Waals surface area contributed by atoms with E-state index in [0.29, 0.717) is 6.54 Å². The number of carbonyl (C=O) groups excluding carboxylic acids is 1. The molecule has 30 heavy (non-hydrogen) atoms. The van der Waals surface area contributed by atoms with E-state index in [9.17, 15) is 13.2 Å². The van der Waals surface area contributed by atoms with Gasteiger partial charge < -0.3 is 10.3 Å². The lowest BCUT2D eigenvalue weighted by Gasteiger charge is -2.30. The van der Waals surface area contributed by atoms with Gasteiger partial charge in [0, 0.05) is 12.5 Å². The van der Waals surface area contributed by atoms with Gasteiger partial charge >= 0.3 is 0 Å². The summed E-state index contributed by atoms with van der Waals surface area (Å²) in [6.45, 7) is 2.80. The van der Waals surface area contributed by atoms with Gasteiger partial charge in [-0.3, -0.25) is 9.69 Å². The number of likely N-dealkylation sites (tertiary alicyclic amines) is 1. The zero-order chi connectivity index (χ0) is 21.1. The number of nitrogens with two attached hydrogens (primary N) is 1. The normalized spacial score (nSPS) is 16.0. The molecule has 0 saturated carbocycles. The number of aromatic nitrogens is 2. The second-order valence-electron chi connectivity index (χ2n) is 7.66. The highest BCUT2D eigenvalue weighted by Crippen LogP contribution is 2.20. The Morgan fingerprint density at radius 2 is 1.83 bits per heavy atom. The maximum Gasteiger partial charge on any atom is 0.238 e. The number of fused-ring (bicyclic) bond motifs is 1. The maximum atomic E-state index is 12.5. The van der Waals surface area contributed by atoms with Crippen molar-refractivity contribution in [2.45, 2.75) is 30.8 Å². The summed E-state index contributed by atoms with van der Waals surface area (Å²) in [5.41, 5.74) is 2.84. The van der Waals surface area contributed by atoms with Crippen LogP contribution in [0.3, 0.4) is 0 Å². The second kappa shape index (κ2) is 8.55. The lowest BCUT2D eigenvalue weighted by molar-refractivity contribution is -0.126. The van der Waals surface area contributed by atoms with E-state index in [2.05, 4.69) is 20.2 Å². The molecule has 2 aromatic carbocycles. The molecule has 0 aliphatic carbocycles. The molecule has 1 aliphatic heterocycles. The van der Waals surface area contributed by atoms with Crippen LogP contribution in [0, 0.1) is 5.92 Å². The number of piperidine rings is 1. The van der Waals surface area contributed by atoms with Crippen molar-refractivity contribution in [3.05, 3.63) is 59.9 Å². The van der Waals surface area contributed by atoms with Gasteiger partial charge in [-0.25, -0.2) is 18.5 Å². The van der Waals surface area contributed by atoms with E-state index in [-0.39, 0.29) is 16.7 Å². The van der Waals surface area contributed by atoms with Crippen molar-refractivity contribution in [2.75, 3.05) is 13.1 Å². The smallest absolute Gasteiger partial charge is 0.238 e. The van der Waals surface area contributed by atoms with E-state index in [0.717, 1.165) is 54.9 Å². The van der Waals surface area contributed by atoms with Gasteiger partial charge in [-0.1, -0.05) is 24.3 Å². The number of nitrogens with one attached hydrogen (secondary N) is 2. The minimum absolute atomic E-state index is 0.0133. The van der Waals surface area contributed by atoms with Crippen LogP contribution in [0.5, 0.6) is 0 Å². The highest BCUT2D eigenvalue weighted by Gasteiger charge is 2.25. The molecule has 0 radical (unpaired) electrons. The molecule has 0 atom stereocenters. The molecule has 8 nitrogen and oxygen atoms in total. The summed E-state index contributed by atoms with van der Waals surface area (Å²) in [5.74, 6) is 0.969. The predicted molar refractivity (Wildman–Crippen MR) is 114 cm³/mol. The second-order valence-corrected chi connectivity index (χ2v) is 9.22. The van der Waals surface area contributed by atoms with Crippen molar-refractivity contribution < 1.29 is 13.2 Å². The van der Waals surface area contributed by atoms with Crippen LogP contribution in [0.25, 0.3) is 11.0 Å². The number of carbonyl (C=O) groups is 1. The fourth-order valence-electron chi connectivity index (χ4n) is 3.78. The topological polar surface area (TPSA) is 121 Å². The van der Waals surface area contributed by atoms with Crippen LogP contribution in [0.2, 0.25) is 0 Å². The number of para-hydroxylation sites is 2. The lowest BCUT2D eigenvalue weighted by atomic mass is 9.96. The molecule has 0 bridgehead atoms. The van der Waals surface area contributed by atoms with Crippen molar-refractivity contribution in [1.29, 1.82) is 0 Å². The molecule has 4 rings (SSSR count). The average Bonchev–Trinajstić information content (AvgIpc) is 3.14. The summed E-state index contributed by atoms with van der Waals surface area (Å²) in [4.78, 5) is 22.9. The van der Waals surface area contributed by atoms with Gasteiger partial charge in [0.2, 0.25) is 15.9 Å². The fraction of sp³-hybridized carbons (Fsp3) is 0.333. The van der Waals surface area contributed by atoms with Crippen molar-refractivity contribution in [1.82, 2.24) is 20.2 Å². The average molecular weight is 428 g/mol. The Hall–Kier alpha value is -2.75. The Labute approximate surface area is 175 Å². The van der Waals surface area contributed by atoms with Gasteiger partial charge in [-0.15, -0.1) is 0 Å². The third kappa shape index (κ3) is 4.86. The molecule has 1 fully saturated rings. The zero-order valence-electron chi connectivity index (χ0n) is 16.5. The Bertz CT molecular complexity index is 1100. The zero-order valence-corrected chi connectivity index (χ0v) is 17.4. The highest BCUT2D eigenvalue weighted by atomic mass is 32.2. The van der Waals surface area contributed by atoms with Crippen LogP contribution in [0.1, 0.15) is 24.2 Å². The summed E-state index contributed by atoms with van der Waals surface area (Å²) in [6.07, 6.45) is 1.60. The summed E-state index contributed by atoms with van der Waals surface area (Å²) in [6, 6.07) is 14.2. The van der Waals surface area contributed by atoms with Gasteiger partial charge in [-0.2, -0.15) is 0 Å². The van der Waals surface area contributed by atoms with E-state index in [4.69, 9.17) is 5.14 Å². The Kier molecular flexibility index (Phi) is 5.85. The first-order chi connectivity index (χ1) is 14.4. The molecule has 1 amide bonds. The van der Waals surface area contributed by atoms with Crippen LogP contribution in [0.4, 0.5) is 0 Å². The van der Waals surface area contributed by atoms with Crippen LogP contribution in [-0.2, 0) is 27.9 Å². The van der Waals surface area contributed by atoms with Crippen LogP contribution < -0.4 is 10.5 Å². The third-order valence-electron chi connectivity index (χ3n) is 5.49. The highest BCUT2D eigenvalue weighted by molar-refractivity contribution is 7.89. The number of amides is 1. The molecule has 1 aliphatic rings. The number of imidazole rings is 1. The van der Waals surface area contributed by atoms with E-state index in [1.165, 1.54) is 12.1 Å². The number of aromatic amines is 1. The number of primary sulfonamides is 1. The number of hydrogen-bond donors (Lipinski definition) is 3. The molecule has 1 aromatic heterocycles. The monoisotopic (exact) mass is 427 g/mol. The van der Waals surface area contributed by atoms with E-state index in [1.54, 1.807) is 12.1 Å². The van der Waals surface area contributed by atoms with Crippen molar-refractivity contribution >= 4 is 27.0 Å². The molecule has 4 N–H and O–H groups in total. The van der Waals surface area contributed by atoms with E-state index < -0.39 is 10.0 Å². The Balaban J connectivity index is 1.25. The van der Waals surface area contributed by atoms with Gasteiger partial charge in [0.25, 0.3) is 0 Å². The first kappa shape index (κ1) is 20.5. The minimum Gasteiger partial charge on any atom is -0.352 e. The number of hydrogen-bond acceptors (Lipinski definition) is 5. The molecule has 0 spiro atoms. The van der Waals surface area contributed by atoms with Crippen LogP contribution >= 0.6 is 0 Å². The van der Waals surface area contributed by atoms with Gasteiger partial charge in [0.1, 0.15) is 5.82 Å². The molecule has 3 aromatic rings. The first-order valence-corrected chi connectivity index (χ1v) is 11.5. The van der Waals surface area contributed by atoms with Crippen molar-refractivity contribution in [3.8, 4) is 0 Å². The number of nitrogens with zero attached hydrogens (tertiary/aromatic N) is 2. The number of sulfonamides is 1. The largest absolute Gasteiger partial charge is 0.352 e.